The minimum absolute atomic E-state index is 0.0611. The molecule has 3 aromatic rings. The van der Waals surface area contributed by atoms with Crippen molar-refractivity contribution in [3.05, 3.63) is 34.9 Å². The van der Waals surface area contributed by atoms with Gasteiger partial charge in [0.1, 0.15) is 5.75 Å². The first-order valence-electron chi connectivity index (χ1n) is 6.11. The highest BCUT2D eigenvalue weighted by atomic mass is 79.9. The molecule has 0 amide bonds. The molecule has 0 spiro atoms. The Bertz CT molecular complexity index is 786. The van der Waals surface area contributed by atoms with E-state index in [1.165, 1.54) is 12.1 Å². The number of rotatable bonds is 4. The van der Waals surface area contributed by atoms with Gasteiger partial charge in [-0.05, 0) is 40.2 Å². The Labute approximate surface area is 131 Å². The minimum atomic E-state index is -2.86. The zero-order valence-electron chi connectivity index (χ0n) is 11.2. The smallest absolute Gasteiger partial charge is 0.387 e. The fourth-order valence-electron chi connectivity index (χ4n) is 1.82. The summed E-state index contributed by atoms with van der Waals surface area (Å²) < 4.78 is 36.4. The standard InChI is InChI=1S/C13H9BrF2N4O2/c1-20-6-9(14)10(19-20)12-18-17-11(22-12)7-2-4-8(5-3-7)21-13(15)16/h2-6,13H,1H3. The molecular formula is C13H9BrF2N4O2. The van der Waals surface area contributed by atoms with E-state index in [2.05, 4.69) is 36.0 Å². The number of ether oxygens (including phenoxy) is 1. The lowest BCUT2D eigenvalue weighted by Gasteiger charge is -2.03. The van der Waals surface area contributed by atoms with Crippen LogP contribution in [0.1, 0.15) is 0 Å². The van der Waals surface area contributed by atoms with Gasteiger partial charge in [-0.15, -0.1) is 10.2 Å². The van der Waals surface area contributed by atoms with Crippen LogP contribution < -0.4 is 4.74 Å². The average molecular weight is 371 g/mol. The number of benzene rings is 1. The number of aromatic nitrogens is 4. The van der Waals surface area contributed by atoms with Crippen LogP contribution in [0.5, 0.6) is 5.75 Å². The number of halogens is 3. The average Bonchev–Trinajstić information content (AvgIpc) is 3.05. The molecule has 1 aromatic carbocycles. The molecule has 3 rings (SSSR count). The molecule has 6 nitrogen and oxygen atoms in total. The van der Waals surface area contributed by atoms with Crippen LogP contribution in [0.25, 0.3) is 23.0 Å². The van der Waals surface area contributed by atoms with E-state index in [0.717, 1.165) is 4.47 Å². The van der Waals surface area contributed by atoms with Crippen molar-refractivity contribution in [2.24, 2.45) is 7.05 Å². The number of hydrogen-bond donors (Lipinski definition) is 0. The number of nitrogens with zero attached hydrogens (tertiary/aromatic N) is 4. The molecule has 0 unspecified atom stereocenters. The molecule has 2 aromatic heterocycles. The van der Waals surface area contributed by atoms with Gasteiger partial charge in [0.05, 0.1) is 4.47 Å². The van der Waals surface area contributed by atoms with Gasteiger partial charge in [-0.25, -0.2) is 0 Å². The predicted octanol–water partition coefficient (Wildman–Crippen LogP) is 3.50. The molecule has 0 saturated carbocycles. The normalized spacial score (nSPS) is 11.1. The molecule has 2 heterocycles. The van der Waals surface area contributed by atoms with Crippen molar-refractivity contribution in [3.8, 4) is 28.8 Å². The largest absolute Gasteiger partial charge is 0.435 e. The quantitative estimate of drug-likeness (QED) is 0.702. The second-order valence-electron chi connectivity index (χ2n) is 4.31. The molecule has 0 bridgehead atoms. The summed E-state index contributed by atoms with van der Waals surface area (Å²) in [7, 11) is 1.77. The van der Waals surface area contributed by atoms with Gasteiger partial charge >= 0.3 is 6.61 Å². The minimum Gasteiger partial charge on any atom is -0.435 e. The molecule has 9 heteroatoms. The van der Waals surface area contributed by atoms with Gasteiger partial charge in [-0.2, -0.15) is 13.9 Å². The van der Waals surface area contributed by atoms with Gasteiger partial charge in [0.2, 0.25) is 5.89 Å². The van der Waals surface area contributed by atoms with Crippen LogP contribution >= 0.6 is 15.9 Å². The molecule has 0 atom stereocenters. The molecule has 0 saturated heterocycles. The van der Waals surface area contributed by atoms with E-state index in [-0.39, 0.29) is 17.5 Å². The third kappa shape index (κ3) is 2.98. The van der Waals surface area contributed by atoms with Crippen molar-refractivity contribution in [2.45, 2.75) is 6.61 Å². The first kappa shape index (κ1) is 14.6. The maximum atomic E-state index is 12.1. The maximum Gasteiger partial charge on any atom is 0.387 e. The lowest BCUT2D eigenvalue weighted by atomic mass is 10.2. The van der Waals surface area contributed by atoms with E-state index >= 15 is 0 Å². The van der Waals surface area contributed by atoms with Crippen molar-refractivity contribution < 1.29 is 17.9 Å². The molecule has 0 aliphatic carbocycles. The molecular weight excluding hydrogens is 362 g/mol. The Hall–Kier alpha value is -2.29. The fraction of sp³-hybridized carbons (Fsp3) is 0.154. The van der Waals surface area contributed by atoms with Crippen LogP contribution in [0, 0.1) is 0 Å². The second kappa shape index (κ2) is 5.84. The first-order valence-corrected chi connectivity index (χ1v) is 6.90. The Morgan fingerprint density at radius 3 is 2.45 bits per heavy atom. The van der Waals surface area contributed by atoms with E-state index < -0.39 is 6.61 Å². The summed E-state index contributed by atoms with van der Waals surface area (Å²) in [4.78, 5) is 0. The van der Waals surface area contributed by atoms with E-state index in [1.54, 1.807) is 30.1 Å². The van der Waals surface area contributed by atoms with Gasteiger partial charge in [0, 0.05) is 18.8 Å². The highest BCUT2D eigenvalue weighted by molar-refractivity contribution is 9.10. The highest BCUT2D eigenvalue weighted by Crippen LogP contribution is 2.28. The topological polar surface area (TPSA) is 66.0 Å². The Morgan fingerprint density at radius 1 is 1.18 bits per heavy atom. The van der Waals surface area contributed by atoms with Crippen LogP contribution in [-0.2, 0) is 7.05 Å². The molecule has 0 fully saturated rings. The van der Waals surface area contributed by atoms with Crippen molar-refractivity contribution in [1.82, 2.24) is 20.0 Å². The van der Waals surface area contributed by atoms with Gasteiger partial charge in [-0.1, -0.05) is 0 Å². The summed E-state index contributed by atoms with van der Waals surface area (Å²) in [6.45, 7) is -2.86. The third-order valence-corrected chi connectivity index (χ3v) is 3.32. The van der Waals surface area contributed by atoms with Crippen LogP contribution in [-0.4, -0.2) is 26.6 Å². The van der Waals surface area contributed by atoms with E-state index in [1.807, 2.05) is 0 Å². The summed E-state index contributed by atoms with van der Waals surface area (Å²) in [5.74, 6) is 0.581. The van der Waals surface area contributed by atoms with Gasteiger partial charge in [0.25, 0.3) is 5.89 Å². The zero-order chi connectivity index (χ0) is 15.7. The SMILES string of the molecule is Cn1cc(Br)c(-c2nnc(-c3ccc(OC(F)F)cc3)o2)n1. The molecule has 114 valence electrons. The molecule has 0 N–H and O–H groups in total. The second-order valence-corrected chi connectivity index (χ2v) is 5.17. The summed E-state index contributed by atoms with van der Waals surface area (Å²) >= 11 is 3.35. The monoisotopic (exact) mass is 370 g/mol. The zero-order valence-corrected chi connectivity index (χ0v) is 12.8. The van der Waals surface area contributed by atoms with Crippen LogP contribution in [0.15, 0.2) is 39.4 Å². The molecule has 0 aliphatic heterocycles. The number of aryl methyl sites for hydroxylation is 1. The van der Waals surface area contributed by atoms with Crippen molar-refractivity contribution >= 4 is 15.9 Å². The summed E-state index contributed by atoms with van der Waals surface area (Å²) in [6, 6.07) is 5.93. The highest BCUT2D eigenvalue weighted by Gasteiger charge is 2.16. The predicted molar refractivity (Wildman–Crippen MR) is 76.3 cm³/mol. The Kier molecular flexibility index (Phi) is 3.88. The van der Waals surface area contributed by atoms with Gasteiger partial charge in [-0.3, -0.25) is 4.68 Å². The lowest BCUT2D eigenvalue weighted by molar-refractivity contribution is -0.0498. The Balaban J connectivity index is 1.86. The first-order chi connectivity index (χ1) is 10.5. The fourth-order valence-corrected chi connectivity index (χ4v) is 2.36. The molecule has 22 heavy (non-hydrogen) atoms. The number of alkyl halides is 2. The van der Waals surface area contributed by atoms with E-state index in [0.29, 0.717) is 11.3 Å². The van der Waals surface area contributed by atoms with E-state index in [4.69, 9.17) is 4.42 Å². The maximum absolute atomic E-state index is 12.1. The summed E-state index contributed by atoms with van der Waals surface area (Å²) in [5, 5.41) is 12.1. The van der Waals surface area contributed by atoms with Crippen LogP contribution in [0.3, 0.4) is 0 Å². The third-order valence-electron chi connectivity index (χ3n) is 2.74. The lowest BCUT2D eigenvalue weighted by Crippen LogP contribution is -2.01. The van der Waals surface area contributed by atoms with Crippen molar-refractivity contribution in [3.63, 3.8) is 0 Å². The molecule has 0 radical (unpaired) electrons. The van der Waals surface area contributed by atoms with Crippen molar-refractivity contribution in [1.29, 1.82) is 0 Å². The van der Waals surface area contributed by atoms with Gasteiger partial charge in [0.15, 0.2) is 5.69 Å². The van der Waals surface area contributed by atoms with Crippen LogP contribution in [0.4, 0.5) is 8.78 Å². The van der Waals surface area contributed by atoms with Crippen molar-refractivity contribution in [2.75, 3.05) is 0 Å². The number of hydrogen-bond acceptors (Lipinski definition) is 5. The van der Waals surface area contributed by atoms with Gasteiger partial charge < -0.3 is 9.15 Å². The Morgan fingerprint density at radius 2 is 1.86 bits per heavy atom. The molecule has 0 aliphatic rings. The summed E-state index contributed by atoms with van der Waals surface area (Å²) in [6.07, 6.45) is 1.76. The summed E-state index contributed by atoms with van der Waals surface area (Å²) in [5.41, 5.74) is 1.12. The van der Waals surface area contributed by atoms with Crippen LogP contribution in [0.2, 0.25) is 0 Å². The van der Waals surface area contributed by atoms with E-state index in [9.17, 15) is 8.78 Å².